The minimum absolute atomic E-state index is 0.247. The molecule has 3 rings (SSSR count). The number of urea groups is 1. The van der Waals surface area contributed by atoms with E-state index in [0.717, 1.165) is 22.6 Å². The number of carbonyl (C=O) groups excluding carboxylic acids is 1. The van der Waals surface area contributed by atoms with Crippen LogP contribution >= 0.6 is 0 Å². The largest absolute Gasteiger partial charge is 0.367 e. The number of nitrogens with zero attached hydrogens (tertiary/aromatic N) is 3. The zero-order chi connectivity index (χ0) is 19.8. The van der Waals surface area contributed by atoms with Crippen molar-refractivity contribution in [1.29, 1.82) is 0 Å². The van der Waals surface area contributed by atoms with Crippen LogP contribution < -0.4 is 21.3 Å². The van der Waals surface area contributed by atoms with E-state index in [2.05, 4.69) is 36.4 Å². The Hall–Kier alpha value is -3.68. The predicted octanol–water partition coefficient (Wildman–Crippen LogP) is 3.47. The normalized spacial score (nSPS) is 10.2. The van der Waals surface area contributed by atoms with E-state index in [4.69, 9.17) is 0 Å². The molecule has 1 aromatic carbocycles. The lowest BCUT2D eigenvalue weighted by atomic mass is 10.2. The summed E-state index contributed by atoms with van der Waals surface area (Å²) >= 11 is 0. The molecule has 2 aromatic heterocycles. The van der Waals surface area contributed by atoms with E-state index < -0.39 is 0 Å². The quantitative estimate of drug-likeness (QED) is 0.470. The summed E-state index contributed by atoms with van der Waals surface area (Å²) < 4.78 is 0. The number of benzene rings is 1. The summed E-state index contributed by atoms with van der Waals surface area (Å²) in [6.45, 7) is 4.96. The Morgan fingerprint density at radius 2 is 1.68 bits per heavy atom. The Balaban J connectivity index is 1.39. The molecule has 0 unspecified atom stereocenters. The van der Waals surface area contributed by atoms with E-state index in [1.54, 1.807) is 6.20 Å². The first-order valence-corrected chi connectivity index (χ1v) is 8.97. The van der Waals surface area contributed by atoms with Gasteiger partial charge in [0.15, 0.2) is 5.82 Å². The maximum absolute atomic E-state index is 11.9. The molecule has 0 saturated carbocycles. The smallest absolute Gasteiger partial charge is 0.319 e. The number of hydrogen-bond donors (Lipinski definition) is 4. The van der Waals surface area contributed by atoms with Crippen LogP contribution in [0.15, 0.2) is 54.7 Å². The summed E-state index contributed by atoms with van der Waals surface area (Å²) in [5.74, 6) is 1.96. The number of hydrogen-bond acceptors (Lipinski definition) is 6. The number of nitrogens with one attached hydrogen (secondary N) is 4. The van der Waals surface area contributed by atoms with Gasteiger partial charge < -0.3 is 21.3 Å². The van der Waals surface area contributed by atoms with Crippen molar-refractivity contribution >= 4 is 29.2 Å². The number of pyridine rings is 1. The van der Waals surface area contributed by atoms with Crippen molar-refractivity contribution in [3.8, 4) is 0 Å². The van der Waals surface area contributed by atoms with Crippen LogP contribution in [0, 0.1) is 13.8 Å². The Bertz CT molecular complexity index is 928. The summed E-state index contributed by atoms with van der Waals surface area (Å²) in [7, 11) is 0. The molecule has 144 valence electrons. The molecular weight excluding hydrogens is 354 g/mol. The molecule has 0 aliphatic rings. The van der Waals surface area contributed by atoms with Gasteiger partial charge in [-0.25, -0.2) is 9.78 Å². The topological polar surface area (TPSA) is 104 Å². The molecule has 2 amide bonds. The van der Waals surface area contributed by atoms with Gasteiger partial charge in [-0.15, -0.1) is 10.2 Å². The Morgan fingerprint density at radius 3 is 2.43 bits per heavy atom. The van der Waals surface area contributed by atoms with Crippen LogP contribution in [0.3, 0.4) is 0 Å². The van der Waals surface area contributed by atoms with E-state index in [-0.39, 0.29) is 6.03 Å². The fourth-order valence-corrected chi connectivity index (χ4v) is 2.49. The number of rotatable bonds is 7. The van der Waals surface area contributed by atoms with Gasteiger partial charge in [-0.1, -0.05) is 12.1 Å². The fourth-order valence-electron chi connectivity index (χ4n) is 2.49. The molecule has 0 spiro atoms. The molecule has 8 nitrogen and oxygen atoms in total. The molecule has 0 aliphatic heterocycles. The lowest BCUT2D eigenvalue weighted by Crippen LogP contribution is -2.32. The van der Waals surface area contributed by atoms with Crippen molar-refractivity contribution in [2.75, 3.05) is 29.0 Å². The van der Waals surface area contributed by atoms with Crippen molar-refractivity contribution < 1.29 is 4.79 Å². The first-order valence-electron chi connectivity index (χ1n) is 8.97. The lowest BCUT2D eigenvalue weighted by Gasteiger charge is -2.09. The zero-order valence-corrected chi connectivity index (χ0v) is 15.9. The number of anilines is 4. The van der Waals surface area contributed by atoms with Crippen LogP contribution in [0.5, 0.6) is 0 Å². The summed E-state index contributed by atoms with van der Waals surface area (Å²) in [4.78, 5) is 16.1. The minimum Gasteiger partial charge on any atom is -0.367 e. The molecule has 2 heterocycles. The van der Waals surface area contributed by atoms with Crippen LogP contribution in [0.1, 0.15) is 11.1 Å². The summed E-state index contributed by atoms with van der Waals surface area (Å²) in [5, 5.41) is 20.0. The first-order chi connectivity index (χ1) is 13.6. The summed E-state index contributed by atoms with van der Waals surface area (Å²) in [5.41, 5.74) is 2.97. The SMILES string of the molecule is Cc1cccc(NC(=O)NCCNc2ccc(Nc3cc(C)ccn3)nn2)c1. The molecule has 8 heteroatoms. The summed E-state index contributed by atoms with van der Waals surface area (Å²) in [6, 6.07) is 14.9. The van der Waals surface area contributed by atoms with Gasteiger partial charge in [0.25, 0.3) is 0 Å². The molecule has 0 aliphatic carbocycles. The fraction of sp³-hybridized carbons (Fsp3) is 0.200. The van der Waals surface area contributed by atoms with Crippen LogP contribution in [0.25, 0.3) is 0 Å². The van der Waals surface area contributed by atoms with Crippen LogP contribution in [-0.4, -0.2) is 34.3 Å². The second-order valence-corrected chi connectivity index (χ2v) is 6.32. The van der Waals surface area contributed by atoms with Crippen LogP contribution in [0.2, 0.25) is 0 Å². The van der Waals surface area contributed by atoms with Gasteiger partial charge in [0.05, 0.1) is 0 Å². The average molecular weight is 377 g/mol. The number of aryl methyl sites for hydroxylation is 2. The van der Waals surface area contributed by atoms with Gasteiger partial charge in [0.2, 0.25) is 0 Å². The van der Waals surface area contributed by atoms with E-state index in [9.17, 15) is 4.79 Å². The van der Waals surface area contributed by atoms with Gasteiger partial charge in [-0.2, -0.15) is 0 Å². The predicted molar refractivity (Wildman–Crippen MR) is 111 cm³/mol. The van der Waals surface area contributed by atoms with Gasteiger partial charge in [-0.3, -0.25) is 0 Å². The molecule has 0 atom stereocenters. The van der Waals surface area contributed by atoms with Crippen molar-refractivity contribution in [1.82, 2.24) is 20.5 Å². The average Bonchev–Trinajstić information content (AvgIpc) is 2.67. The molecule has 28 heavy (non-hydrogen) atoms. The highest BCUT2D eigenvalue weighted by Gasteiger charge is 2.02. The van der Waals surface area contributed by atoms with E-state index >= 15 is 0 Å². The van der Waals surface area contributed by atoms with E-state index in [1.165, 1.54) is 0 Å². The molecule has 0 fully saturated rings. The lowest BCUT2D eigenvalue weighted by molar-refractivity contribution is 0.252. The number of aromatic nitrogens is 3. The second-order valence-electron chi connectivity index (χ2n) is 6.32. The van der Waals surface area contributed by atoms with Gasteiger partial charge in [-0.05, 0) is 61.4 Å². The van der Waals surface area contributed by atoms with Crippen molar-refractivity contribution in [3.63, 3.8) is 0 Å². The molecule has 0 saturated heterocycles. The third-order valence-corrected chi connectivity index (χ3v) is 3.83. The third-order valence-electron chi connectivity index (χ3n) is 3.83. The Kier molecular flexibility index (Phi) is 6.35. The molecule has 4 N–H and O–H groups in total. The maximum Gasteiger partial charge on any atom is 0.319 e. The van der Waals surface area contributed by atoms with E-state index in [0.29, 0.717) is 24.7 Å². The highest BCUT2D eigenvalue weighted by Crippen LogP contribution is 2.13. The third kappa shape index (κ3) is 5.94. The Morgan fingerprint density at radius 1 is 0.893 bits per heavy atom. The van der Waals surface area contributed by atoms with Gasteiger partial charge in [0, 0.05) is 25.0 Å². The van der Waals surface area contributed by atoms with Gasteiger partial charge in [0.1, 0.15) is 11.6 Å². The highest BCUT2D eigenvalue weighted by molar-refractivity contribution is 5.89. The number of amides is 2. The van der Waals surface area contributed by atoms with Crippen LogP contribution in [0.4, 0.5) is 27.9 Å². The van der Waals surface area contributed by atoms with Crippen LogP contribution in [-0.2, 0) is 0 Å². The first kappa shape index (κ1) is 19.1. The number of carbonyl (C=O) groups is 1. The summed E-state index contributed by atoms with van der Waals surface area (Å²) in [6.07, 6.45) is 1.74. The molecule has 0 bridgehead atoms. The molecule has 3 aromatic rings. The monoisotopic (exact) mass is 377 g/mol. The van der Waals surface area contributed by atoms with E-state index in [1.807, 2.05) is 62.4 Å². The second kappa shape index (κ2) is 9.31. The maximum atomic E-state index is 11.9. The molecule has 0 radical (unpaired) electrons. The zero-order valence-electron chi connectivity index (χ0n) is 15.9. The van der Waals surface area contributed by atoms with Gasteiger partial charge >= 0.3 is 6.03 Å². The highest BCUT2D eigenvalue weighted by atomic mass is 16.2. The van der Waals surface area contributed by atoms with Crippen molar-refractivity contribution in [2.45, 2.75) is 13.8 Å². The Labute approximate surface area is 163 Å². The minimum atomic E-state index is -0.247. The standard InChI is InChI=1S/C20H23N7O/c1-14-4-3-5-16(12-14)24-20(28)23-11-10-22-17-6-7-18(27-26-17)25-19-13-15(2)8-9-21-19/h3-9,12-13H,10-11H2,1-2H3,(H,22,26)(H,21,25,27)(H2,23,24,28). The van der Waals surface area contributed by atoms with Crippen molar-refractivity contribution in [2.24, 2.45) is 0 Å². The molecular formula is C20H23N7O. The van der Waals surface area contributed by atoms with Crippen molar-refractivity contribution in [3.05, 3.63) is 65.9 Å².